The van der Waals surface area contributed by atoms with Crippen molar-refractivity contribution in [3.8, 4) is 0 Å². The number of anilines is 2. The van der Waals surface area contributed by atoms with E-state index in [9.17, 15) is 0 Å². The third-order valence-corrected chi connectivity index (χ3v) is 3.92. The molecule has 16 heavy (non-hydrogen) atoms. The Bertz CT molecular complexity index is 424. The predicted octanol–water partition coefficient (Wildman–Crippen LogP) is 3.51. The first-order valence-electron chi connectivity index (χ1n) is 5.95. The zero-order valence-corrected chi connectivity index (χ0v) is 10.5. The van der Waals surface area contributed by atoms with Crippen LogP contribution < -0.4 is 10.2 Å². The molecular formula is C13H17ClN2. The van der Waals surface area contributed by atoms with Crippen molar-refractivity contribution in [2.45, 2.75) is 38.3 Å². The fourth-order valence-electron chi connectivity index (χ4n) is 2.84. The van der Waals surface area contributed by atoms with E-state index in [1.54, 1.807) is 0 Å². The summed E-state index contributed by atoms with van der Waals surface area (Å²) in [6.07, 6.45) is 2.59. The third kappa shape index (κ3) is 1.40. The molecule has 1 fully saturated rings. The Labute approximate surface area is 102 Å². The van der Waals surface area contributed by atoms with Gasteiger partial charge in [0.1, 0.15) is 0 Å². The van der Waals surface area contributed by atoms with E-state index in [-0.39, 0.29) is 0 Å². The van der Waals surface area contributed by atoms with Gasteiger partial charge in [0.25, 0.3) is 0 Å². The Morgan fingerprint density at radius 2 is 2.12 bits per heavy atom. The molecule has 1 spiro atoms. The Kier molecular flexibility index (Phi) is 2.12. The van der Waals surface area contributed by atoms with Crippen molar-refractivity contribution in [2.75, 3.05) is 16.8 Å². The maximum atomic E-state index is 6.11. The van der Waals surface area contributed by atoms with Crippen LogP contribution in [-0.2, 0) is 0 Å². The molecule has 0 aromatic heterocycles. The summed E-state index contributed by atoms with van der Waals surface area (Å²) in [4.78, 5) is 2.55. The zero-order valence-electron chi connectivity index (χ0n) is 9.76. The highest BCUT2D eigenvalue weighted by Crippen LogP contribution is 2.50. The molecule has 1 aliphatic heterocycles. The van der Waals surface area contributed by atoms with Crippen LogP contribution in [0, 0.1) is 0 Å². The first-order valence-corrected chi connectivity index (χ1v) is 6.33. The van der Waals surface area contributed by atoms with E-state index in [1.807, 2.05) is 6.07 Å². The number of nitrogens with one attached hydrogen (secondary N) is 1. The van der Waals surface area contributed by atoms with Crippen LogP contribution in [0.1, 0.15) is 26.7 Å². The van der Waals surface area contributed by atoms with Gasteiger partial charge in [0, 0.05) is 17.6 Å². The molecule has 1 N–H and O–H groups in total. The molecule has 1 aromatic rings. The van der Waals surface area contributed by atoms with Crippen molar-refractivity contribution in [3.63, 3.8) is 0 Å². The Balaban J connectivity index is 2.10. The molecule has 2 aliphatic rings. The number of nitrogens with zero attached hydrogens (tertiary/aromatic N) is 1. The molecule has 0 bridgehead atoms. The van der Waals surface area contributed by atoms with Gasteiger partial charge in [0.05, 0.1) is 16.9 Å². The number of rotatable bonds is 1. The lowest BCUT2D eigenvalue weighted by Crippen LogP contribution is -2.49. The van der Waals surface area contributed by atoms with Crippen LogP contribution >= 0.6 is 11.6 Å². The summed E-state index contributed by atoms with van der Waals surface area (Å²) in [6, 6.07) is 6.66. The third-order valence-electron chi connectivity index (χ3n) is 3.68. The summed E-state index contributed by atoms with van der Waals surface area (Å²) in [5.41, 5.74) is 2.85. The quantitative estimate of drug-likeness (QED) is 0.803. The van der Waals surface area contributed by atoms with Gasteiger partial charge in [0.2, 0.25) is 0 Å². The van der Waals surface area contributed by atoms with Gasteiger partial charge in [-0.25, -0.2) is 0 Å². The van der Waals surface area contributed by atoms with Crippen LogP contribution in [-0.4, -0.2) is 18.1 Å². The monoisotopic (exact) mass is 236 g/mol. The van der Waals surface area contributed by atoms with E-state index >= 15 is 0 Å². The fourth-order valence-corrected chi connectivity index (χ4v) is 3.01. The molecule has 3 heteroatoms. The lowest BCUT2D eigenvalue weighted by atomic mass is 10.0. The van der Waals surface area contributed by atoms with Crippen LogP contribution in [0.25, 0.3) is 0 Å². The first kappa shape index (κ1) is 10.3. The summed E-state index contributed by atoms with van der Waals surface area (Å²) in [6.45, 7) is 5.59. The van der Waals surface area contributed by atoms with Crippen molar-refractivity contribution in [3.05, 3.63) is 23.2 Å². The van der Waals surface area contributed by atoms with Gasteiger partial charge in [-0.1, -0.05) is 11.6 Å². The van der Waals surface area contributed by atoms with Gasteiger partial charge in [-0.3, -0.25) is 0 Å². The molecular weight excluding hydrogens is 220 g/mol. The SMILES string of the molecule is CC(C)N1c2cc(Cl)ccc2NCC12CC2. The standard InChI is InChI=1S/C13H17ClN2/c1-9(2)16-12-7-10(14)3-4-11(12)15-8-13(16)5-6-13/h3-4,7,9,15H,5-6,8H2,1-2H3. The van der Waals surface area contributed by atoms with Crippen LogP contribution in [0.15, 0.2) is 18.2 Å². The van der Waals surface area contributed by atoms with E-state index in [1.165, 1.54) is 24.2 Å². The lowest BCUT2D eigenvalue weighted by Gasteiger charge is -2.43. The van der Waals surface area contributed by atoms with E-state index < -0.39 is 0 Å². The maximum absolute atomic E-state index is 6.11. The van der Waals surface area contributed by atoms with E-state index in [0.717, 1.165) is 11.6 Å². The highest BCUT2D eigenvalue weighted by molar-refractivity contribution is 6.31. The summed E-state index contributed by atoms with van der Waals surface area (Å²) < 4.78 is 0. The second kappa shape index (κ2) is 3.30. The van der Waals surface area contributed by atoms with Gasteiger partial charge < -0.3 is 10.2 Å². The Morgan fingerprint density at radius 3 is 2.75 bits per heavy atom. The normalized spacial score (nSPS) is 20.9. The molecule has 0 amide bonds. The largest absolute Gasteiger partial charge is 0.381 e. The Hall–Kier alpha value is -0.890. The van der Waals surface area contributed by atoms with Crippen LogP contribution in [0.5, 0.6) is 0 Å². The second-order valence-electron chi connectivity index (χ2n) is 5.20. The highest BCUT2D eigenvalue weighted by atomic mass is 35.5. The fraction of sp³-hybridized carbons (Fsp3) is 0.538. The van der Waals surface area contributed by atoms with Crippen molar-refractivity contribution in [1.82, 2.24) is 0 Å². The van der Waals surface area contributed by atoms with Crippen molar-refractivity contribution in [2.24, 2.45) is 0 Å². The number of fused-ring (bicyclic) bond motifs is 1. The van der Waals surface area contributed by atoms with Gasteiger partial charge in [-0.15, -0.1) is 0 Å². The van der Waals surface area contributed by atoms with E-state index in [0.29, 0.717) is 11.6 Å². The average Bonchev–Trinajstić information content (AvgIpc) is 2.97. The topological polar surface area (TPSA) is 15.3 Å². The van der Waals surface area contributed by atoms with Gasteiger partial charge >= 0.3 is 0 Å². The molecule has 1 saturated carbocycles. The van der Waals surface area contributed by atoms with Crippen molar-refractivity contribution >= 4 is 23.0 Å². The van der Waals surface area contributed by atoms with Gasteiger partial charge in [-0.05, 0) is 44.9 Å². The number of hydrogen-bond donors (Lipinski definition) is 1. The summed E-state index contributed by atoms with van der Waals surface area (Å²) in [5, 5.41) is 4.35. The highest BCUT2D eigenvalue weighted by Gasteiger charge is 2.51. The molecule has 0 radical (unpaired) electrons. The summed E-state index contributed by atoms with van der Waals surface area (Å²) >= 11 is 6.11. The van der Waals surface area contributed by atoms with Crippen LogP contribution in [0.3, 0.4) is 0 Å². The second-order valence-corrected chi connectivity index (χ2v) is 5.64. The molecule has 0 saturated heterocycles. The van der Waals surface area contributed by atoms with Crippen molar-refractivity contribution < 1.29 is 0 Å². The van der Waals surface area contributed by atoms with E-state index in [4.69, 9.17) is 11.6 Å². The lowest BCUT2D eigenvalue weighted by molar-refractivity contribution is 0.538. The van der Waals surface area contributed by atoms with E-state index in [2.05, 4.69) is 36.2 Å². The molecule has 1 aromatic carbocycles. The number of halogens is 1. The minimum Gasteiger partial charge on any atom is -0.381 e. The van der Waals surface area contributed by atoms with Crippen LogP contribution in [0.4, 0.5) is 11.4 Å². The minimum absolute atomic E-state index is 0.367. The summed E-state index contributed by atoms with van der Waals surface area (Å²) in [7, 11) is 0. The molecule has 2 nitrogen and oxygen atoms in total. The molecule has 0 atom stereocenters. The molecule has 1 heterocycles. The van der Waals surface area contributed by atoms with Crippen LogP contribution in [0.2, 0.25) is 5.02 Å². The summed E-state index contributed by atoms with van der Waals surface area (Å²) in [5.74, 6) is 0. The maximum Gasteiger partial charge on any atom is 0.0624 e. The first-order chi connectivity index (χ1) is 7.62. The van der Waals surface area contributed by atoms with Gasteiger partial charge in [0.15, 0.2) is 0 Å². The average molecular weight is 237 g/mol. The minimum atomic E-state index is 0.367. The van der Waals surface area contributed by atoms with Gasteiger partial charge in [-0.2, -0.15) is 0 Å². The smallest absolute Gasteiger partial charge is 0.0624 e. The number of benzene rings is 1. The predicted molar refractivity (Wildman–Crippen MR) is 69.5 cm³/mol. The molecule has 0 unspecified atom stereocenters. The molecule has 1 aliphatic carbocycles. The zero-order chi connectivity index (χ0) is 11.3. The number of hydrogen-bond acceptors (Lipinski definition) is 2. The Morgan fingerprint density at radius 1 is 1.38 bits per heavy atom. The molecule has 3 rings (SSSR count). The molecule has 86 valence electrons. The van der Waals surface area contributed by atoms with Crippen molar-refractivity contribution in [1.29, 1.82) is 0 Å².